The van der Waals surface area contributed by atoms with E-state index >= 15 is 0 Å². The molecule has 30 heavy (non-hydrogen) atoms. The van der Waals surface area contributed by atoms with Gasteiger partial charge in [-0.05, 0) is 47.7 Å². The minimum absolute atomic E-state index is 0.0441. The van der Waals surface area contributed by atoms with Crippen LogP contribution in [0.25, 0.3) is 0 Å². The lowest BCUT2D eigenvalue weighted by atomic mass is 9.95. The molecule has 3 heterocycles. The molecule has 0 saturated heterocycles. The third kappa shape index (κ3) is 2.93. The van der Waals surface area contributed by atoms with E-state index in [1.54, 1.807) is 14.2 Å². The average molecular weight is 420 g/mol. The number of hydrogen-bond acceptors (Lipinski definition) is 7. The van der Waals surface area contributed by atoms with Crippen LogP contribution in [0, 0.1) is 0 Å². The van der Waals surface area contributed by atoms with Crippen LogP contribution in [0.15, 0.2) is 65.1 Å². The lowest BCUT2D eigenvalue weighted by Crippen LogP contribution is -2.42. The van der Waals surface area contributed by atoms with Gasteiger partial charge in [0.05, 0.1) is 24.8 Å². The van der Waals surface area contributed by atoms with Gasteiger partial charge in [0.25, 0.3) is 0 Å². The van der Waals surface area contributed by atoms with E-state index in [0.29, 0.717) is 28.8 Å². The van der Waals surface area contributed by atoms with Gasteiger partial charge >= 0.3 is 0 Å². The second-order valence-electron chi connectivity index (χ2n) is 7.13. The van der Waals surface area contributed by atoms with Crippen LogP contribution in [0.2, 0.25) is 0 Å². The van der Waals surface area contributed by atoms with Crippen molar-refractivity contribution in [2.75, 3.05) is 25.8 Å². The van der Waals surface area contributed by atoms with Crippen molar-refractivity contribution in [3.8, 4) is 11.5 Å². The Morgan fingerprint density at radius 2 is 1.83 bits per heavy atom. The average Bonchev–Trinajstić information content (AvgIpc) is 3.46. The normalized spacial score (nSPS) is 17.3. The molecule has 2 aliphatic heterocycles. The molecule has 0 spiro atoms. The Hall–Kier alpha value is -3.32. The van der Waals surface area contributed by atoms with E-state index in [0.717, 1.165) is 17.7 Å². The Morgan fingerprint density at radius 1 is 1.07 bits per heavy atom. The van der Waals surface area contributed by atoms with E-state index in [-0.39, 0.29) is 11.9 Å². The van der Waals surface area contributed by atoms with Crippen molar-refractivity contribution in [1.82, 2.24) is 4.90 Å². The lowest BCUT2D eigenvalue weighted by molar-refractivity contribution is 0.105. The molecule has 1 unspecified atom stereocenters. The molecular weight excluding hydrogens is 398 g/mol. The maximum atomic E-state index is 13.2. The third-order valence-corrected chi connectivity index (χ3v) is 6.38. The standard InChI is InChI=1S/C23H21N3O3S/c1-28-18-13-15-10-11-25-22(21(27)20-9-6-12-30-20)24-26(16-7-4-3-5-8-16)23(25)17(15)14-19(18)29-2/h3-9,12-14,23H,10-11H2,1-2H3. The zero-order valence-corrected chi connectivity index (χ0v) is 17.6. The molecule has 0 bridgehead atoms. The van der Waals surface area contributed by atoms with Crippen molar-refractivity contribution in [2.45, 2.75) is 12.6 Å². The van der Waals surface area contributed by atoms with Crippen LogP contribution < -0.4 is 14.5 Å². The Balaban J connectivity index is 1.64. The molecule has 2 aliphatic rings. The molecule has 0 amide bonds. The highest BCUT2D eigenvalue weighted by atomic mass is 32.1. The first-order valence-corrected chi connectivity index (χ1v) is 10.6. The van der Waals surface area contributed by atoms with Gasteiger partial charge < -0.3 is 14.4 Å². The van der Waals surface area contributed by atoms with Gasteiger partial charge in [-0.1, -0.05) is 24.3 Å². The number of amidine groups is 1. The predicted octanol–water partition coefficient (Wildman–Crippen LogP) is 4.34. The van der Waals surface area contributed by atoms with Gasteiger partial charge in [-0.15, -0.1) is 16.4 Å². The Bertz CT molecular complexity index is 1110. The second-order valence-corrected chi connectivity index (χ2v) is 8.08. The third-order valence-electron chi connectivity index (χ3n) is 5.52. The molecule has 6 nitrogen and oxygen atoms in total. The highest BCUT2D eigenvalue weighted by molar-refractivity contribution is 7.13. The molecule has 0 N–H and O–H groups in total. The molecule has 5 rings (SSSR count). The van der Waals surface area contributed by atoms with Crippen LogP contribution in [-0.2, 0) is 6.42 Å². The van der Waals surface area contributed by atoms with E-state index in [4.69, 9.17) is 14.6 Å². The smallest absolute Gasteiger partial charge is 0.239 e. The number of hydrazone groups is 1. The van der Waals surface area contributed by atoms with Gasteiger partial charge in [-0.3, -0.25) is 4.79 Å². The quantitative estimate of drug-likeness (QED) is 0.576. The minimum atomic E-state index is -0.213. The summed E-state index contributed by atoms with van der Waals surface area (Å²) < 4.78 is 11.1. The van der Waals surface area contributed by atoms with Crippen LogP contribution in [0.5, 0.6) is 11.5 Å². The van der Waals surface area contributed by atoms with Gasteiger partial charge in [-0.2, -0.15) is 0 Å². The SMILES string of the molecule is COc1cc2c(cc1OC)C1N(CC2)C(C(=O)c2cccs2)=NN1c1ccccc1. The summed E-state index contributed by atoms with van der Waals surface area (Å²) in [6.07, 6.45) is 0.584. The summed E-state index contributed by atoms with van der Waals surface area (Å²) in [6.45, 7) is 0.701. The number of ketones is 1. The van der Waals surface area contributed by atoms with Gasteiger partial charge in [0.15, 0.2) is 17.7 Å². The summed E-state index contributed by atoms with van der Waals surface area (Å²) in [4.78, 5) is 16.0. The first-order valence-electron chi connectivity index (χ1n) is 9.74. The van der Waals surface area contributed by atoms with Crippen LogP contribution in [-0.4, -0.2) is 37.3 Å². The number of Topliss-reactive ketones (excluding diaryl/α,β-unsaturated/α-hetero) is 1. The second kappa shape index (κ2) is 7.50. The van der Waals surface area contributed by atoms with Gasteiger partial charge in [-0.25, -0.2) is 5.01 Å². The Morgan fingerprint density at radius 3 is 2.53 bits per heavy atom. The van der Waals surface area contributed by atoms with Crippen molar-refractivity contribution in [2.24, 2.45) is 5.10 Å². The first kappa shape index (κ1) is 18.7. The Kier molecular flexibility index (Phi) is 4.67. The van der Waals surface area contributed by atoms with Crippen molar-refractivity contribution < 1.29 is 14.3 Å². The number of rotatable bonds is 5. The molecule has 1 atom stereocenters. The summed E-state index contributed by atoms with van der Waals surface area (Å²) >= 11 is 1.44. The van der Waals surface area contributed by atoms with E-state index in [1.165, 1.54) is 16.9 Å². The number of nitrogens with zero attached hydrogens (tertiary/aromatic N) is 3. The fourth-order valence-corrected chi connectivity index (χ4v) is 4.76. The van der Waals surface area contributed by atoms with Crippen LogP contribution >= 0.6 is 11.3 Å². The molecule has 0 saturated carbocycles. The summed E-state index contributed by atoms with van der Waals surface area (Å²) in [5.41, 5.74) is 3.18. The number of benzene rings is 2. The summed E-state index contributed by atoms with van der Waals surface area (Å²) in [5.74, 6) is 1.82. The number of hydrogen-bond donors (Lipinski definition) is 0. The van der Waals surface area contributed by atoms with E-state index in [1.807, 2.05) is 65.0 Å². The van der Waals surface area contributed by atoms with Crippen LogP contribution in [0.3, 0.4) is 0 Å². The number of fused-ring (bicyclic) bond motifs is 3. The molecule has 152 valence electrons. The molecule has 3 aromatic rings. The van der Waals surface area contributed by atoms with Crippen LogP contribution in [0.1, 0.15) is 27.0 Å². The van der Waals surface area contributed by atoms with Crippen molar-refractivity contribution in [1.29, 1.82) is 0 Å². The van der Waals surface area contributed by atoms with Gasteiger partial charge in [0, 0.05) is 12.1 Å². The maximum absolute atomic E-state index is 13.2. The summed E-state index contributed by atoms with van der Waals surface area (Å²) in [7, 11) is 3.28. The van der Waals surface area contributed by atoms with Gasteiger partial charge in [0.1, 0.15) is 0 Å². The molecule has 7 heteroatoms. The largest absolute Gasteiger partial charge is 0.493 e. The number of carbonyl (C=O) groups excluding carboxylic acids is 1. The van der Waals surface area contributed by atoms with Gasteiger partial charge in [0.2, 0.25) is 11.6 Å². The fourth-order valence-electron chi connectivity index (χ4n) is 4.10. The predicted molar refractivity (Wildman–Crippen MR) is 118 cm³/mol. The lowest BCUT2D eigenvalue weighted by Gasteiger charge is -2.37. The fraction of sp³-hybridized carbons (Fsp3) is 0.217. The highest BCUT2D eigenvalue weighted by Crippen LogP contribution is 2.44. The maximum Gasteiger partial charge on any atom is 0.239 e. The molecule has 0 radical (unpaired) electrons. The van der Waals surface area contributed by atoms with Crippen molar-refractivity contribution in [3.05, 3.63) is 76.0 Å². The highest BCUT2D eigenvalue weighted by Gasteiger charge is 2.43. The van der Waals surface area contributed by atoms with Crippen molar-refractivity contribution in [3.63, 3.8) is 0 Å². The van der Waals surface area contributed by atoms with E-state index < -0.39 is 0 Å². The Labute approximate surface area is 179 Å². The number of methoxy groups -OCH3 is 2. The first-order chi connectivity index (χ1) is 14.7. The number of thiophene rings is 1. The molecule has 2 aromatic carbocycles. The number of para-hydroxylation sites is 1. The molecule has 0 fully saturated rings. The zero-order chi connectivity index (χ0) is 20.7. The molecular formula is C23H21N3O3S. The monoisotopic (exact) mass is 419 g/mol. The van der Waals surface area contributed by atoms with Crippen molar-refractivity contribution >= 4 is 28.6 Å². The summed E-state index contributed by atoms with van der Waals surface area (Å²) in [6, 6.07) is 17.7. The van der Waals surface area contributed by atoms with E-state index in [9.17, 15) is 4.79 Å². The number of carbonyl (C=O) groups is 1. The summed E-state index contributed by atoms with van der Waals surface area (Å²) in [5, 5.41) is 8.67. The number of ether oxygens (including phenoxy) is 2. The number of anilines is 1. The van der Waals surface area contributed by atoms with E-state index in [2.05, 4.69) is 4.90 Å². The zero-order valence-electron chi connectivity index (χ0n) is 16.7. The molecule has 1 aromatic heterocycles. The minimum Gasteiger partial charge on any atom is -0.493 e. The van der Waals surface area contributed by atoms with Crippen LogP contribution in [0.4, 0.5) is 5.69 Å². The molecule has 0 aliphatic carbocycles. The topological polar surface area (TPSA) is 54.4 Å².